The van der Waals surface area contributed by atoms with Gasteiger partial charge < -0.3 is 10.5 Å². The van der Waals surface area contributed by atoms with Gasteiger partial charge in [0.25, 0.3) is 0 Å². The van der Waals surface area contributed by atoms with E-state index in [0.717, 1.165) is 18.9 Å². The molecule has 2 rings (SSSR count). The molecule has 0 radical (unpaired) electrons. The van der Waals surface area contributed by atoms with Crippen LogP contribution in [-0.2, 0) is 4.74 Å². The zero-order chi connectivity index (χ0) is 10.8. The molecule has 1 saturated heterocycles. The van der Waals surface area contributed by atoms with E-state index in [2.05, 4.69) is 18.7 Å². The average molecular weight is 212 g/mol. The summed E-state index contributed by atoms with van der Waals surface area (Å²) in [5.41, 5.74) is 6.09. The largest absolute Gasteiger partial charge is 0.377 e. The Morgan fingerprint density at radius 2 is 2.00 bits per heavy atom. The number of hydrogen-bond acceptors (Lipinski definition) is 3. The minimum Gasteiger partial charge on any atom is -0.377 e. The zero-order valence-corrected chi connectivity index (χ0v) is 9.98. The highest BCUT2D eigenvalue weighted by Gasteiger charge is 2.43. The van der Waals surface area contributed by atoms with Crippen molar-refractivity contribution in [2.45, 2.75) is 51.3 Å². The Bertz CT molecular complexity index is 200. The first-order valence-electron chi connectivity index (χ1n) is 6.33. The van der Waals surface area contributed by atoms with Crippen LogP contribution < -0.4 is 5.73 Å². The van der Waals surface area contributed by atoms with Crippen LogP contribution in [0.5, 0.6) is 0 Å². The molecule has 0 spiro atoms. The predicted molar refractivity (Wildman–Crippen MR) is 61.8 cm³/mol. The topological polar surface area (TPSA) is 38.5 Å². The Morgan fingerprint density at radius 3 is 2.53 bits per heavy atom. The maximum absolute atomic E-state index is 6.09. The highest BCUT2D eigenvalue weighted by Crippen LogP contribution is 2.30. The first-order valence-corrected chi connectivity index (χ1v) is 6.33. The van der Waals surface area contributed by atoms with Gasteiger partial charge in [-0.3, -0.25) is 4.90 Å². The minimum atomic E-state index is 0.343. The van der Waals surface area contributed by atoms with Crippen molar-refractivity contribution in [2.75, 3.05) is 19.7 Å². The molecule has 2 fully saturated rings. The van der Waals surface area contributed by atoms with E-state index < -0.39 is 0 Å². The fraction of sp³-hybridized carbons (Fsp3) is 1.00. The van der Waals surface area contributed by atoms with E-state index >= 15 is 0 Å². The third kappa shape index (κ3) is 2.35. The third-order valence-corrected chi connectivity index (χ3v) is 3.94. The molecule has 0 aromatic rings. The van der Waals surface area contributed by atoms with Crippen LogP contribution in [0.2, 0.25) is 0 Å². The van der Waals surface area contributed by atoms with Gasteiger partial charge in [0, 0.05) is 12.6 Å². The molecule has 0 amide bonds. The molecule has 3 heteroatoms. The quantitative estimate of drug-likeness (QED) is 0.764. The van der Waals surface area contributed by atoms with Crippen LogP contribution in [0.1, 0.15) is 33.1 Å². The van der Waals surface area contributed by atoms with Crippen molar-refractivity contribution >= 4 is 0 Å². The van der Waals surface area contributed by atoms with Crippen molar-refractivity contribution in [1.82, 2.24) is 4.90 Å². The lowest BCUT2D eigenvalue weighted by Crippen LogP contribution is -2.65. The lowest BCUT2D eigenvalue weighted by molar-refractivity contribution is -0.0864. The van der Waals surface area contributed by atoms with E-state index in [-0.39, 0.29) is 0 Å². The molecule has 0 aromatic carbocycles. The highest BCUT2D eigenvalue weighted by molar-refractivity contribution is 5.01. The zero-order valence-electron chi connectivity index (χ0n) is 9.98. The molecule has 1 heterocycles. The Labute approximate surface area is 93.0 Å². The van der Waals surface area contributed by atoms with Crippen LogP contribution in [0, 0.1) is 5.92 Å². The highest BCUT2D eigenvalue weighted by atomic mass is 16.5. The van der Waals surface area contributed by atoms with Crippen molar-refractivity contribution in [3.8, 4) is 0 Å². The summed E-state index contributed by atoms with van der Waals surface area (Å²) in [6.07, 6.45) is 4.09. The fourth-order valence-electron chi connectivity index (χ4n) is 2.84. The summed E-state index contributed by atoms with van der Waals surface area (Å²) >= 11 is 0. The van der Waals surface area contributed by atoms with Gasteiger partial charge in [-0.25, -0.2) is 0 Å². The molecular weight excluding hydrogens is 188 g/mol. The van der Waals surface area contributed by atoms with Gasteiger partial charge in [0.1, 0.15) is 0 Å². The normalized spacial score (nSPS) is 39.0. The summed E-state index contributed by atoms with van der Waals surface area (Å²) in [5.74, 6) is 0.892. The third-order valence-electron chi connectivity index (χ3n) is 3.94. The number of nitrogens with zero attached hydrogens (tertiary/aromatic N) is 1. The Balaban J connectivity index is 1.86. The Hall–Kier alpha value is -0.120. The van der Waals surface area contributed by atoms with Gasteiger partial charge in [0.15, 0.2) is 0 Å². The molecule has 3 atom stereocenters. The first kappa shape index (κ1) is 11.4. The molecule has 0 bridgehead atoms. The number of piperidine rings is 1. The van der Waals surface area contributed by atoms with Crippen molar-refractivity contribution in [2.24, 2.45) is 11.7 Å². The van der Waals surface area contributed by atoms with E-state index in [1.54, 1.807) is 0 Å². The van der Waals surface area contributed by atoms with Crippen LogP contribution in [0.25, 0.3) is 0 Å². The summed E-state index contributed by atoms with van der Waals surface area (Å²) in [6.45, 7) is 7.65. The number of hydrogen-bond donors (Lipinski definition) is 1. The summed E-state index contributed by atoms with van der Waals surface area (Å²) < 4.78 is 5.72. The summed E-state index contributed by atoms with van der Waals surface area (Å²) in [6, 6.07) is 0.840. The number of nitrogens with two attached hydrogens (primary N) is 1. The summed E-state index contributed by atoms with van der Waals surface area (Å²) in [5, 5.41) is 0. The predicted octanol–water partition coefficient (Wildman–Crippen LogP) is 1.22. The molecule has 1 saturated carbocycles. The minimum absolute atomic E-state index is 0.343. The molecule has 1 aliphatic heterocycles. The van der Waals surface area contributed by atoms with Crippen LogP contribution in [-0.4, -0.2) is 42.8 Å². The molecule has 3 nitrogen and oxygen atoms in total. The van der Waals surface area contributed by atoms with Gasteiger partial charge in [0.2, 0.25) is 0 Å². The van der Waals surface area contributed by atoms with Crippen LogP contribution in [0.4, 0.5) is 0 Å². The molecule has 15 heavy (non-hydrogen) atoms. The number of rotatable bonds is 3. The van der Waals surface area contributed by atoms with Gasteiger partial charge in [0.05, 0.1) is 12.1 Å². The van der Waals surface area contributed by atoms with E-state index in [9.17, 15) is 0 Å². The van der Waals surface area contributed by atoms with Crippen LogP contribution in [0.15, 0.2) is 0 Å². The van der Waals surface area contributed by atoms with Gasteiger partial charge in [-0.15, -0.1) is 0 Å². The Morgan fingerprint density at radius 1 is 1.33 bits per heavy atom. The van der Waals surface area contributed by atoms with Crippen LogP contribution >= 0.6 is 0 Å². The standard InChI is InChI=1S/C12H24N2O/c1-3-15-11-8-10(13)12(11)14-6-4-9(2)5-7-14/h9-12H,3-8,13H2,1-2H3. The second kappa shape index (κ2) is 4.81. The second-order valence-corrected chi connectivity index (χ2v) is 5.10. The van der Waals surface area contributed by atoms with Crippen molar-refractivity contribution < 1.29 is 4.74 Å². The molecule has 3 unspecified atom stereocenters. The van der Waals surface area contributed by atoms with Gasteiger partial charge >= 0.3 is 0 Å². The summed E-state index contributed by atoms with van der Waals surface area (Å²) in [4.78, 5) is 2.55. The second-order valence-electron chi connectivity index (χ2n) is 5.10. The van der Waals surface area contributed by atoms with E-state index in [4.69, 9.17) is 10.5 Å². The Kier molecular flexibility index (Phi) is 3.65. The smallest absolute Gasteiger partial charge is 0.0760 e. The molecule has 2 aliphatic rings. The fourth-order valence-corrected chi connectivity index (χ4v) is 2.84. The van der Waals surface area contributed by atoms with E-state index in [0.29, 0.717) is 18.2 Å². The molecule has 0 aromatic heterocycles. The van der Waals surface area contributed by atoms with Crippen molar-refractivity contribution in [1.29, 1.82) is 0 Å². The lowest BCUT2D eigenvalue weighted by atomic mass is 9.80. The van der Waals surface area contributed by atoms with Gasteiger partial charge in [-0.05, 0) is 45.2 Å². The van der Waals surface area contributed by atoms with E-state index in [1.807, 2.05) is 0 Å². The maximum atomic E-state index is 6.09. The molecule has 88 valence electrons. The molecular formula is C12H24N2O. The lowest BCUT2D eigenvalue weighted by Gasteiger charge is -2.50. The maximum Gasteiger partial charge on any atom is 0.0760 e. The van der Waals surface area contributed by atoms with Gasteiger partial charge in [-0.2, -0.15) is 0 Å². The van der Waals surface area contributed by atoms with Crippen molar-refractivity contribution in [3.05, 3.63) is 0 Å². The van der Waals surface area contributed by atoms with Gasteiger partial charge in [-0.1, -0.05) is 6.92 Å². The monoisotopic (exact) mass is 212 g/mol. The first-order chi connectivity index (χ1) is 7.22. The van der Waals surface area contributed by atoms with E-state index in [1.165, 1.54) is 25.9 Å². The SMILES string of the molecule is CCOC1CC(N)C1N1CCC(C)CC1. The van der Waals surface area contributed by atoms with Crippen molar-refractivity contribution in [3.63, 3.8) is 0 Å². The average Bonchev–Trinajstić information content (AvgIpc) is 2.21. The molecule has 1 aliphatic carbocycles. The summed E-state index contributed by atoms with van der Waals surface area (Å²) in [7, 11) is 0. The number of ether oxygens (including phenoxy) is 1. The van der Waals surface area contributed by atoms with Crippen LogP contribution in [0.3, 0.4) is 0 Å². The molecule has 2 N–H and O–H groups in total. The number of likely N-dealkylation sites (tertiary alicyclic amines) is 1.